The molecule has 16 heavy (non-hydrogen) atoms. The van der Waals surface area contributed by atoms with Crippen LogP contribution in [-0.2, 0) is 0 Å². The van der Waals surface area contributed by atoms with E-state index >= 15 is 0 Å². The lowest BCUT2D eigenvalue weighted by Crippen LogP contribution is -2.36. The topological polar surface area (TPSA) is 51.8 Å². The molecule has 0 spiro atoms. The number of hydrogen-bond donors (Lipinski definition) is 1. The van der Waals surface area contributed by atoms with Crippen LogP contribution < -0.4 is 5.73 Å². The van der Waals surface area contributed by atoms with Crippen LogP contribution in [0.3, 0.4) is 0 Å². The highest BCUT2D eigenvalue weighted by molar-refractivity contribution is 5.14. The molecule has 1 heterocycles. The van der Waals surface area contributed by atoms with Gasteiger partial charge in [0.15, 0.2) is 0 Å². The van der Waals surface area contributed by atoms with Crippen molar-refractivity contribution in [1.29, 1.82) is 0 Å². The van der Waals surface area contributed by atoms with Gasteiger partial charge in [-0.3, -0.25) is 0 Å². The van der Waals surface area contributed by atoms with E-state index in [9.17, 15) is 0 Å². The molecule has 0 aromatic carbocycles. The molecule has 1 aliphatic rings. The highest BCUT2D eigenvalue weighted by Crippen LogP contribution is 2.38. The zero-order valence-corrected chi connectivity index (χ0v) is 10.1. The quantitative estimate of drug-likeness (QED) is 0.830. The van der Waals surface area contributed by atoms with Crippen molar-refractivity contribution in [2.75, 3.05) is 0 Å². The second kappa shape index (κ2) is 4.91. The lowest BCUT2D eigenvalue weighted by Gasteiger charge is -2.36. The summed E-state index contributed by atoms with van der Waals surface area (Å²) in [7, 11) is 0. The molecular formula is C13H21N3. The predicted molar refractivity (Wildman–Crippen MR) is 64.9 cm³/mol. The maximum atomic E-state index is 6.22. The maximum Gasteiger partial charge on any atom is 0.115 e. The van der Waals surface area contributed by atoms with E-state index in [0.717, 1.165) is 18.3 Å². The lowest BCUT2D eigenvalue weighted by molar-refractivity contribution is 0.232. The van der Waals surface area contributed by atoms with Crippen molar-refractivity contribution < 1.29 is 0 Å². The average Bonchev–Trinajstić information content (AvgIpc) is 2.30. The molecule has 2 rings (SSSR count). The van der Waals surface area contributed by atoms with Crippen molar-refractivity contribution in [3.8, 4) is 0 Å². The summed E-state index contributed by atoms with van der Waals surface area (Å²) in [5, 5.41) is 0. The minimum atomic E-state index is 0.279. The first-order chi connectivity index (χ1) is 7.68. The largest absolute Gasteiger partial charge is 0.327 e. The molecule has 3 heteroatoms. The first-order valence-electron chi connectivity index (χ1n) is 6.19. The number of nitrogens with zero attached hydrogens (tertiary/aromatic N) is 2. The molecule has 1 fully saturated rings. The van der Waals surface area contributed by atoms with Crippen molar-refractivity contribution in [3.63, 3.8) is 0 Å². The van der Waals surface area contributed by atoms with E-state index in [4.69, 9.17) is 5.73 Å². The Balaban J connectivity index is 2.13. The summed E-state index contributed by atoms with van der Waals surface area (Å²) >= 11 is 0. The van der Waals surface area contributed by atoms with Gasteiger partial charge in [-0.25, -0.2) is 9.97 Å². The monoisotopic (exact) mass is 219 g/mol. The molecule has 3 nitrogen and oxygen atoms in total. The molecule has 2 N–H and O–H groups in total. The Morgan fingerprint density at radius 3 is 2.56 bits per heavy atom. The van der Waals surface area contributed by atoms with Crippen molar-refractivity contribution in [1.82, 2.24) is 9.97 Å². The molecule has 3 unspecified atom stereocenters. The number of hydrogen-bond acceptors (Lipinski definition) is 3. The molecule has 3 atom stereocenters. The van der Waals surface area contributed by atoms with E-state index < -0.39 is 0 Å². The fourth-order valence-corrected chi connectivity index (χ4v) is 2.72. The highest BCUT2D eigenvalue weighted by atomic mass is 14.8. The predicted octanol–water partition coefficient (Wildman–Crippen LogP) is 2.34. The molecule has 0 aliphatic heterocycles. The van der Waals surface area contributed by atoms with Gasteiger partial charge >= 0.3 is 0 Å². The summed E-state index contributed by atoms with van der Waals surface area (Å²) in [5.74, 6) is 1.99. The van der Waals surface area contributed by atoms with Gasteiger partial charge in [-0.1, -0.05) is 13.8 Å². The van der Waals surface area contributed by atoms with Gasteiger partial charge in [0.25, 0.3) is 0 Å². The van der Waals surface area contributed by atoms with Crippen LogP contribution in [0.4, 0.5) is 0 Å². The molecule has 1 saturated carbocycles. The number of aromatic nitrogens is 2. The third-order valence-corrected chi connectivity index (χ3v) is 3.90. The Labute approximate surface area is 97.5 Å². The van der Waals surface area contributed by atoms with Crippen molar-refractivity contribution >= 4 is 0 Å². The molecule has 0 radical (unpaired) electrons. The molecule has 1 aromatic rings. The number of nitrogens with two attached hydrogens (primary N) is 1. The molecule has 88 valence electrons. The average molecular weight is 219 g/mol. The zero-order valence-electron chi connectivity index (χ0n) is 10.1. The summed E-state index contributed by atoms with van der Waals surface area (Å²) in [6, 6.07) is 0.279. The second-order valence-corrected chi connectivity index (χ2v) is 5.26. The summed E-state index contributed by atoms with van der Waals surface area (Å²) < 4.78 is 0. The maximum absolute atomic E-state index is 6.22. The van der Waals surface area contributed by atoms with E-state index in [1.807, 2.05) is 12.4 Å². The van der Waals surface area contributed by atoms with E-state index in [-0.39, 0.29) is 6.04 Å². The Morgan fingerprint density at radius 1 is 1.25 bits per heavy atom. The third kappa shape index (κ3) is 2.40. The summed E-state index contributed by atoms with van der Waals surface area (Å²) in [5.41, 5.74) is 7.43. The van der Waals surface area contributed by atoms with Crippen LogP contribution in [0, 0.1) is 11.8 Å². The van der Waals surface area contributed by atoms with Crippen LogP contribution in [0.2, 0.25) is 0 Å². The van der Waals surface area contributed by atoms with Crippen molar-refractivity contribution in [2.24, 2.45) is 17.6 Å². The fourth-order valence-electron chi connectivity index (χ4n) is 2.72. The second-order valence-electron chi connectivity index (χ2n) is 5.26. The van der Waals surface area contributed by atoms with Gasteiger partial charge in [0.05, 0.1) is 0 Å². The zero-order chi connectivity index (χ0) is 11.5. The van der Waals surface area contributed by atoms with Crippen molar-refractivity contribution in [2.45, 2.75) is 45.1 Å². The summed E-state index contributed by atoms with van der Waals surface area (Å²) in [6.45, 7) is 4.61. The van der Waals surface area contributed by atoms with Gasteiger partial charge < -0.3 is 5.73 Å². The van der Waals surface area contributed by atoms with Crippen LogP contribution in [0.15, 0.2) is 18.7 Å². The molecule has 1 aromatic heterocycles. The van der Waals surface area contributed by atoms with E-state index in [0.29, 0.717) is 5.92 Å². The molecule has 0 saturated heterocycles. The third-order valence-electron chi connectivity index (χ3n) is 3.90. The Kier molecular flexibility index (Phi) is 3.54. The Morgan fingerprint density at radius 2 is 1.94 bits per heavy atom. The first kappa shape index (κ1) is 11.5. The van der Waals surface area contributed by atoms with Gasteiger partial charge in [-0.15, -0.1) is 0 Å². The standard InChI is InChI=1S/C13H21N3/c1-9(2)10-3-4-13(14)12(5-10)11-6-15-8-16-7-11/h6-10,12-13H,3-5,14H2,1-2H3. The van der Waals surface area contributed by atoms with Crippen LogP contribution in [0.25, 0.3) is 0 Å². The van der Waals surface area contributed by atoms with Gasteiger partial charge in [0.1, 0.15) is 6.33 Å². The highest BCUT2D eigenvalue weighted by Gasteiger charge is 2.30. The minimum absolute atomic E-state index is 0.279. The molecule has 1 aliphatic carbocycles. The Bertz CT molecular complexity index is 323. The summed E-state index contributed by atoms with van der Waals surface area (Å²) in [6.07, 6.45) is 9.00. The fraction of sp³-hybridized carbons (Fsp3) is 0.692. The van der Waals surface area contributed by atoms with Gasteiger partial charge in [-0.2, -0.15) is 0 Å². The van der Waals surface area contributed by atoms with E-state index in [2.05, 4.69) is 23.8 Å². The van der Waals surface area contributed by atoms with E-state index in [1.54, 1.807) is 6.33 Å². The SMILES string of the molecule is CC(C)C1CCC(N)C(c2cncnc2)C1. The van der Waals surface area contributed by atoms with Crippen LogP contribution in [0.1, 0.15) is 44.6 Å². The van der Waals surface area contributed by atoms with Gasteiger partial charge in [-0.05, 0) is 36.7 Å². The lowest BCUT2D eigenvalue weighted by atomic mass is 9.72. The van der Waals surface area contributed by atoms with Crippen molar-refractivity contribution in [3.05, 3.63) is 24.3 Å². The Hall–Kier alpha value is -0.960. The van der Waals surface area contributed by atoms with Gasteiger partial charge in [0.2, 0.25) is 0 Å². The van der Waals surface area contributed by atoms with Crippen LogP contribution in [0.5, 0.6) is 0 Å². The molecule has 0 amide bonds. The van der Waals surface area contributed by atoms with Crippen LogP contribution in [-0.4, -0.2) is 16.0 Å². The van der Waals surface area contributed by atoms with Gasteiger partial charge in [0, 0.05) is 24.4 Å². The molecular weight excluding hydrogens is 198 g/mol. The number of rotatable bonds is 2. The summed E-state index contributed by atoms with van der Waals surface area (Å²) in [4.78, 5) is 8.20. The minimum Gasteiger partial charge on any atom is -0.327 e. The first-order valence-corrected chi connectivity index (χ1v) is 6.19. The smallest absolute Gasteiger partial charge is 0.115 e. The van der Waals surface area contributed by atoms with E-state index in [1.165, 1.54) is 18.4 Å². The van der Waals surface area contributed by atoms with Crippen LogP contribution >= 0.6 is 0 Å². The normalized spacial score (nSPS) is 30.6. The molecule has 0 bridgehead atoms.